The third-order valence-corrected chi connectivity index (χ3v) is 3.89. The summed E-state index contributed by atoms with van der Waals surface area (Å²) < 4.78 is 0. The van der Waals surface area contributed by atoms with Crippen molar-refractivity contribution in [2.75, 3.05) is 11.9 Å². The molecular weight excluding hydrogens is 330 g/mol. The fourth-order valence-electron chi connectivity index (χ4n) is 2.81. The van der Waals surface area contributed by atoms with Gasteiger partial charge in [0.1, 0.15) is 12.6 Å². The first-order valence-electron chi connectivity index (χ1n) is 7.19. The average molecular weight is 347 g/mol. The normalized spacial score (nSPS) is 19.2. The van der Waals surface area contributed by atoms with Gasteiger partial charge in [0.05, 0.1) is 16.8 Å². The van der Waals surface area contributed by atoms with Crippen molar-refractivity contribution in [3.63, 3.8) is 0 Å². The molecule has 0 aliphatic carbocycles. The van der Waals surface area contributed by atoms with Gasteiger partial charge in [-0.3, -0.25) is 34.2 Å². The zero-order valence-corrected chi connectivity index (χ0v) is 12.4. The molecule has 25 heavy (non-hydrogen) atoms. The first-order valence-corrected chi connectivity index (χ1v) is 7.19. The van der Waals surface area contributed by atoms with Crippen LogP contribution in [0.5, 0.6) is 0 Å². The van der Waals surface area contributed by atoms with Crippen LogP contribution in [0.1, 0.15) is 41.0 Å². The van der Waals surface area contributed by atoms with Gasteiger partial charge in [-0.2, -0.15) is 0 Å². The number of amides is 5. The number of anilines is 1. The second-order valence-corrected chi connectivity index (χ2v) is 5.38. The zero-order chi connectivity index (χ0) is 17.4. The van der Waals surface area contributed by atoms with Crippen molar-refractivity contribution in [2.24, 2.45) is 0 Å². The second kappa shape index (κ2) is 6.81. The first kappa shape index (κ1) is 18.3. The van der Waals surface area contributed by atoms with Gasteiger partial charge >= 0.3 is 0 Å². The zero-order valence-electron chi connectivity index (χ0n) is 12.4. The minimum Gasteiger partial charge on any atom is -0.387 e. The summed E-state index contributed by atoms with van der Waals surface area (Å²) in [5.41, 5.74) is 0.106. The number of piperidine rings is 1. The lowest BCUT2D eigenvalue weighted by Crippen LogP contribution is -2.54. The number of hydrogen-bond acceptors (Lipinski definition) is 6. The van der Waals surface area contributed by atoms with E-state index in [1.165, 1.54) is 18.2 Å². The highest BCUT2D eigenvalue weighted by Crippen LogP contribution is 2.32. The van der Waals surface area contributed by atoms with Crippen LogP contribution < -0.4 is 10.6 Å². The molecular formula is C16H17N3O6. The van der Waals surface area contributed by atoms with Gasteiger partial charge in [0, 0.05) is 6.42 Å². The van der Waals surface area contributed by atoms with Gasteiger partial charge in [0.15, 0.2) is 0 Å². The average Bonchev–Trinajstić information content (AvgIpc) is 2.80. The molecule has 2 aliphatic heterocycles. The number of hydrogen-bond donors (Lipinski definition) is 3. The molecule has 1 aromatic rings. The minimum absolute atomic E-state index is 0. The van der Waals surface area contributed by atoms with Crippen molar-refractivity contribution in [1.82, 2.24) is 10.2 Å². The van der Waals surface area contributed by atoms with E-state index in [1.807, 2.05) is 0 Å². The lowest BCUT2D eigenvalue weighted by molar-refractivity contribution is -0.136. The number of rotatable bonds is 3. The van der Waals surface area contributed by atoms with Crippen LogP contribution in [-0.2, 0) is 14.4 Å². The smallest absolute Gasteiger partial charge is 0.264 e. The molecule has 1 fully saturated rings. The molecule has 1 aromatic carbocycles. The summed E-state index contributed by atoms with van der Waals surface area (Å²) in [7, 11) is 0. The molecule has 2 heterocycles. The Bertz CT molecular complexity index is 788. The summed E-state index contributed by atoms with van der Waals surface area (Å²) in [6.45, 7) is -0.775. The van der Waals surface area contributed by atoms with Gasteiger partial charge in [-0.15, -0.1) is 0 Å². The van der Waals surface area contributed by atoms with Crippen LogP contribution in [0.25, 0.3) is 0 Å². The maximum Gasteiger partial charge on any atom is 0.264 e. The van der Waals surface area contributed by atoms with E-state index < -0.39 is 42.2 Å². The van der Waals surface area contributed by atoms with Gasteiger partial charge in [-0.25, -0.2) is 0 Å². The standard InChI is InChI=1S/C15H13N3O6.CH4/c19-6-11(21)16-8-3-1-2-7-12(8)15(24)18(14(7)23)9-4-5-10(20)17-13(9)22;/h1-3,9,19H,4-6H2,(H,16,21)(H,17,20,22);1H4. The van der Waals surface area contributed by atoms with E-state index in [2.05, 4.69) is 10.6 Å². The van der Waals surface area contributed by atoms with E-state index in [4.69, 9.17) is 5.11 Å². The highest BCUT2D eigenvalue weighted by Gasteiger charge is 2.45. The predicted molar refractivity (Wildman–Crippen MR) is 85.6 cm³/mol. The van der Waals surface area contributed by atoms with Gasteiger partial charge in [0.2, 0.25) is 17.7 Å². The third kappa shape index (κ3) is 3.01. The summed E-state index contributed by atoms with van der Waals surface area (Å²) in [6, 6.07) is 3.24. The number of imide groups is 2. The van der Waals surface area contributed by atoms with Crippen molar-refractivity contribution in [3.05, 3.63) is 29.3 Å². The molecule has 9 heteroatoms. The molecule has 0 aromatic heterocycles. The molecule has 1 unspecified atom stereocenters. The summed E-state index contributed by atoms with van der Waals surface area (Å²) in [4.78, 5) is 60.5. The number of nitrogens with zero attached hydrogens (tertiary/aromatic N) is 1. The van der Waals surface area contributed by atoms with E-state index in [1.54, 1.807) is 0 Å². The van der Waals surface area contributed by atoms with Gasteiger partial charge in [0.25, 0.3) is 11.8 Å². The molecule has 0 radical (unpaired) electrons. The molecule has 3 N–H and O–H groups in total. The number of carbonyl (C=O) groups is 5. The quantitative estimate of drug-likeness (QED) is 0.640. The number of aliphatic hydroxyl groups excluding tert-OH is 1. The number of nitrogens with one attached hydrogen (secondary N) is 2. The Morgan fingerprint density at radius 1 is 1.24 bits per heavy atom. The Morgan fingerprint density at radius 3 is 2.60 bits per heavy atom. The van der Waals surface area contributed by atoms with Crippen molar-refractivity contribution < 1.29 is 29.1 Å². The van der Waals surface area contributed by atoms with Crippen LogP contribution in [0.2, 0.25) is 0 Å². The van der Waals surface area contributed by atoms with Crippen molar-refractivity contribution in [2.45, 2.75) is 26.3 Å². The highest BCUT2D eigenvalue weighted by molar-refractivity contribution is 6.26. The maximum absolute atomic E-state index is 12.7. The Labute approximate surface area is 143 Å². The lowest BCUT2D eigenvalue weighted by atomic mass is 10.0. The van der Waals surface area contributed by atoms with E-state index in [9.17, 15) is 24.0 Å². The lowest BCUT2D eigenvalue weighted by Gasteiger charge is -2.27. The molecule has 0 spiro atoms. The molecule has 132 valence electrons. The minimum atomic E-state index is -1.07. The van der Waals surface area contributed by atoms with Crippen molar-refractivity contribution >= 4 is 35.2 Å². The number of aliphatic hydroxyl groups is 1. The Kier molecular flexibility index (Phi) is 4.98. The van der Waals surface area contributed by atoms with Crippen molar-refractivity contribution in [1.29, 1.82) is 0 Å². The molecule has 0 saturated carbocycles. The monoisotopic (exact) mass is 347 g/mol. The van der Waals surface area contributed by atoms with Crippen LogP contribution in [0.4, 0.5) is 5.69 Å². The first-order chi connectivity index (χ1) is 11.4. The van der Waals surface area contributed by atoms with Crippen LogP contribution >= 0.6 is 0 Å². The molecule has 9 nitrogen and oxygen atoms in total. The van der Waals surface area contributed by atoms with Crippen LogP contribution in [-0.4, -0.2) is 52.2 Å². The fraction of sp³-hybridized carbons (Fsp3) is 0.312. The molecule has 3 rings (SSSR count). The largest absolute Gasteiger partial charge is 0.387 e. The third-order valence-electron chi connectivity index (χ3n) is 3.89. The second-order valence-electron chi connectivity index (χ2n) is 5.38. The predicted octanol–water partition coefficient (Wildman–Crippen LogP) is -0.345. The van der Waals surface area contributed by atoms with Gasteiger partial charge < -0.3 is 10.4 Å². The van der Waals surface area contributed by atoms with Crippen molar-refractivity contribution in [3.8, 4) is 0 Å². The molecule has 0 bridgehead atoms. The molecule has 5 amide bonds. The summed E-state index contributed by atoms with van der Waals surface area (Å²) in [6.07, 6.45) is 0.0758. The van der Waals surface area contributed by atoms with Gasteiger partial charge in [-0.05, 0) is 18.6 Å². The summed E-state index contributed by atoms with van der Waals surface area (Å²) in [5.74, 6) is -3.28. The van der Waals surface area contributed by atoms with E-state index in [0.29, 0.717) is 0 Å². The summed E-state index contributed by atoms with van der Waals surface area (Å²) >= 11 is 0. The maximum atomic E-state index is 12.7. The Morgan fingerprint density at radius 2 is 1.96 bits per heavy atom. The van der Waals surface area contributed by atoms with Crippen LogP contribution in [0.3, 0.4) is 0 Å². The number of benzene rings is 1. The summed E-state index contributed by atoms with van der Waals surface area (Å²) in [5, 5.41) is 13.3. The Balaban J connectivity index is 0.00000225. The van der Waals surface area contributed by atoms with E-state index in [-0.39, 0.29) is 37.1 Å². The van der Waals surface area contributed by atoms with Gasteiger partial charge in [-0.1, -0.05) is 13.5 Å². The molecule has 1 atom stereocenters. The molecule has 1 saturated heterocycles. The Hall–Kier alpha value is -3.07. The van der Waals surface area contributed by atoms with Crippen LogP contribution in [0.15, 0.2) is 18.2 Å². The van der Waals surface area contributed by atoms with E-state index in [0.717, 1.165) is 4.90 Å². The van der Waals surface area contributed by atoms with E-state index >= 15 is 0 Å². The fourth-order valence-corrected chi connectivity index (χ4v) is 2.81. The molecule has 2 aliphatic rings. The topological polar surface area (TPSA) is 133 Å². The number of carbonyl (C=O) groups excluding carboxylic acids is 5. The number of fused-ring (bicyclic) bond motifs is 1. The SMILES string of the molecule is C.O=C1CCC(N2C(=O)c3cccc(NC(=O)CO)c3C2=O)C(=O)N1. The van der Waals surface area contributed by atoms with Crippen LogP contribution in [0, 0.1) is 0 Å². The highest BCUT2D eigenvalue weighted by atomic mass is 16.3.